The fourth-order valence-electron chi connectivity index (χ4n) is 3.83. The molecule has 1 aliphatic heterocycles. The van der Waals surface area contributed by atoms with Crippen LogP contribution in [-0.2, 0) is 0 Å². The number of hydrogen-bond acceptors (Lipinski definition) is 3. The van der Waals surface area contributed by atoms with Gasteiger partial charge in [-0.2, -0.15) is 0 Å². The van der Waals surface area contributed by atoms with Crippen molar-refractivity contribution in [2.45, 2.75) is 12.5 Å². The van der Waals surface area contributed by atoms with Crippen molar-refractivity contribution in [3.63, 3.8) is 0 Å². The number of likely N-dealkylation sites (N-methyl/N-ethyl adjacent to an activating group) is 1. The number of carbonyl (C=O) groups is 1. The molecule has 2 aromatic carbocycles. The van der Waals surface area contributed by atoms with Gasteiger partial charge in [0.15, 0.2) is 0 Å². The first-order chi connectivity index (χ1) is 13.2. The van der Waals surface area contributed by atoms with Crippen molar-refractivity contribution in [1.82, 2.24) is 14.8 Å². The van der Waals surface area contributed by atoms with E-state index in [4.69, 9.17) is 0 Å². The molecule has 27 heavy (non-hydrogen) atoms. The number of aliphatic hydroxyl groups excluding tert-OH is 1. The van der Waals surface area contributed by atoms with Gasteiger partial charge in [-0.15, -0.1) is 0 Å². The Hall–Kier alpha value is -2.63. The second-order valence-corrected chi connectivity index (χ2v) is 7.26. The molecule has 140 valence electrons. The predicted octanol–water partition coefficient (Wildman–Crippen LogP) is 2.97. The minimum absolute atomic E-state index is 0.0637. The summed E-state index contributed by atoms with van der Waals surface area (Å²) in [5.74, 6) is 0.0637. The predicted molar refractivity (Wildman–Crippen MR) is 108 cm³/mol. The molecule has 0 bridgehead atoms. The van der Waals surface area contributed by atoms with Crippen LogP contribution in [0.15, 0.2) is 54.7 Å². The van der Waals surface area contributed by atoms with Crippen LogP contribution in [0.2, 0.25) is 0 Å². The molecule has 1 amide bonds. The standard InChI is InChI=1S/C22H25N3O2/c1-24-10-11-25(15-20(24)8-12-26)22(27)19-4-2-3-17(13-19)18-6-5-16-7-9-23-21(16)14-18/h2-7,9,13-14,20,23,26H,8,10-12,15H2,1H3. The molecule has 0 spiro atoms. The first-order valence-corrected chi connectivity index (χ1v) is 9.43. The summed E-state index contributed by atoms with van der Waals surface area (Å²) in [5.41, 5.74) is 3.94. The molecule has 1 unspecified atom stereocenters. The Balaban J connectivity index is 1.57. The largest absolute Gasteiger partial charge is 0.396 e. The summed E-state index contributed by atoms with van der Waals surface area (Å²) in [6, 6.07) is 16.4. The molecule has 3 aromatic rings. The monoisotopic (exact) mass is 363 g/mol. The third-order valence-corrected chi connectivity index (χ3v) is 5.52. The Morgan fingerprint density at radius 3 is 2.85 bits per heavy atom. The van der Waals surface area contributed by atoms with Crippen molar-refractivity contribution in [2.24, 2.45) is 0 Å². The fraction of sp³-hybridized carbons (Fsp3) is 0.318. The van der Waals surface area contributed by atoms with Crippen molar-refractivity contribution in [1.29, 1.82) is 0 Å². The third kappa shape index (κ3) is 3.61. The van der Waals surface area contributed by atoms with E-state index < -0.39 is 0 Å². The van der Waals surface area contributed by atoms with E-state index in [-0.39, 0.29) is 18.6 Å². The van der Waals surface area contributed by atoms with Gasteiger partial charge in [0, 0.05) is 49.6 Å². The van der Waals surface area contributed by atoms with Crippen molar-refractivity contribution in [2.75, 3.05) is 33.3 Å². The summed E-state index contributed by atoms with van der Waals surface area (Å²) in [4.78, 5) is 20.4. The minimum atomic E-state index is 0.0637. The maximum absolute atomic E-state index is 13.0. The molecule has 5 heteroatoms. The summed E-state index contributed by atoms with van der Waals surface area (Å²) in [6.07, 6.45) is 2.63. The van der Waals surface area contributed by atoms with Crippen LogP contribution in [0.25, 0.3) is 22.0 Å². The molecule has 5 nitrogen and oxygen atoms in total. The molecule has 1 atom stereocenters. The van der Waals surface area contributed by atoms with Gasteiger partial charge in [-0.25, -0.2) is 0 Å². The van der Waals surface area contributed by atoms with Crippen molar-refractivity contribution >= 4 is 16.8 Å². The lowest BCUT2D eigenvalue weighted by Gasteiger charge is -2.39. The highest BCUT2D eigenvalue weighted by atomic mass is 16.3. The van der Waals surface area contributed by atoms with Gasteiger partial charge in [-0.05, 0) is 54.2 Å². The molecule has 2 N–H and O–H groups in total. The van der Waals surface area contributed by atoms with Crippen LogP contribution in [0.3, 0.4) is 0 Å². The average molecular weight is 363 g/mol. The number of hydrogen-bond donors (Lipinski definition) is 2. The lowest BCUT2D eigenvalue weighted by atomic mass is 10.0. The maximum atomic E-state index is 13.0. The Kier molecular flexibility index (Phi) is 4.97. The number of aromatic amines is 1. The molecular formula is C22H25N3O2. The quantitative estimate of drug-likeness (QED) is 0.749. The molecule has 1 fully saturated rings. The summed E-state index contributed by atoms with van der Waals surface area (Å²) in [7, 11) is 2.06. The minimum Gasteiger partial charge on any atom is -0.396 e. The van der Waals surface area contributed by atoms with Gasteiger partial charge < -0.3 is 15.0 Å². The van der Waals surface area contributed by atoms with Crippen LogP contribution in [0.4, 0.5) is 0 Å². The number of rotatable bonds is 4. The Labute approximate surface area is 159 Å². The molecule has 1 aliphatic rings. The number of amides is 1. The number of H-pyrrole nitrogens is 1. The number of nitrogens with one attached hydrogen (secondary N) is 1. The number of nitrogens with zero attached hydrogens (tertiary/aromatic N) is 2. The second-order valence-electron chi connectivity index (χ2n) is 7.26. The molecule has 2 heterocycles. The van der Waals surface area contributed by atoms with E-state index in [1.165, 1.54) is 5.39 Å². The first-order valence-electron chi connectivity index (χ1n) is 9.43. The zero-order valence-corrected chi connectivity index (χ0v) is 15.6. The molecule has 1 saturated heterocycles. The number of aromatic nitrogens is 1. The summed E-state index contributed by atoms with van der Waals surface area (Å²) < 4.78 is 0. The topological polar surface area (TPSA) is 59.6 Å². The highest BCUT2D eigenvalue weighted by Gasteiger charge is 2.27. The van der Waals surface area contributed by atoms with Gasteiger partial charge in [0.1, 0.15) is 0 Å². The molecule has 4 rings (SSSR count). The highest BCUT2D eigenvalue weighted by molar-refractivity contribution is 5.96. The van der Waals surface area contributed by atoms with E-state index in [0.717, 1.165) is 29.7 Å². The van der Waals surface area contributed by atoms with E-state index in [1.54, 1.807) is 0 Å². The highest BCUT2D eigenvalue weighted by Crippen LogP contribution is 2.25. The van der Waals surface area contributed by atoms with Crippen LogP contribution in [-0.4, -0.2) is 65.1 Å². The molecule has 0 radical (unpaired) electrons. The van der Waals surface area contributed by atoms with Crippen molar-refractivity contribution in [3.8, 4) is 11.1 Å². The Bertz CT molecular complexity index is 949. The normalized spacial score (nSPS) is 18.1. The van der Waals surface area contributed by atoms with Crippen molar-refractivity contribution in [3.05, 3.63) is 60.3 Å². The number of piperazine rings is 1. The van der Waals surface area contributed by atoms with Crippen LogP contribution < -0.4 is 0 Å². The Morgan fingerprint density at radius 2 is 2.00 bits per heavy atom. The van der Waals surface area contributed by atoms with Crippen LogP contribution in [0.1, 0.15) is 16.8 Å². The van der Waals surface area contributed by atoms with E-state index in [1.807, 2.05) is 35.4 Å². The average Bonchev–Trinajstić information content (AvgIpc) is 3.17. The number of aliphatic hydroxyl groups is 1. The SMILES string of the molecule is CN1CCN(C(=O)c2cccc(-c3ccc4cc[nH]c4c3)c2)CC1CCO. The molecule has 1 aromatic heterocycles. The number of carbonyl (C=O) groups excluding carboxylic acids is 1. The maximum Gasteiger partial charge on any atom is 0.253 e. The van der Waals surface area contributed by atoms with Crippen molar-refractivity contribution < 1.29 is 9.90 Å². The lowest BCUT2D eigenvalue weighted by molar-refractivity contribution is 0.0500. The van der Waals surface area contributed by atoms with Crippen LogP contribution in [0.5, 0.6) is 0 Å². The fourth-order valence-corrected chi connectivity index (χ4v) is 3.83. The van der Waals surface area contributed by atoms with Gasteiger partial charge in [0.25, 0.3) is 5.91 Å². The van der Waals surface area contributed by atoms with Gasteiger partial charge in [-0.1, -0.05) is 24.3 Å². The lowest BCUT2D eigenvalue weighted by Crippen LogP contribution is -2.53. The first kappa shape index (κ1) is 17.8. The van der Waals surface area contributed by atoms with Crippen LogP contribution >= 0.6 is 0 Å². The van der Waals surface area contributed by atoms with E-state index in [9.17, 15) is 9.90 Å². The van der Waals surface area contributed by atoms with Gasteiger partial charge in [-0.3, -0.25) is 9.69 Å². The Morgan fingerprint density at radius 1 is 1.15 bits per heavy atom. The number of benzene rings is 2. The zero-order valence-electron chi connectivity index (χ0n) is 15.6. The smallest absolute Gasteiger partial charge is 0.253 e. The second kappa shape index (κ2) is 7.55. The molecule has 0 saturated carbocycles. The van der Waals surface area contributed by atoms with Crippen LogP contribution in [0, 0.1) is 0 Å². The van der Waals surface area contributed by atoms with Gasteiger partial charge in [0.05, 0.1) is 0 Å². The third-order valence-electron chi connectivity index (χ3n) is 5.52. The van der Waals surface area contributed by atoms with E-state index >= 15 is 0 Å². The van der Waals surface area contributed by atoms with E-state index in [0.29, 0.717) is 18.5 Å². The van der Waals surface area contributed by atoms with Gasteiger partial charge >= 0.3 is 0 Å². The summed E-state index contributed by atoms with van der Waals surface area (Å²) in [5, 5.41) is 10.4. The number of fused-ring (bicyclic) bond motifs is 1. The molecular weight excluding hydrogens is 338 g/mol. The summed E-state index contributed by atoms with van der Waals surface area (Å²) >= 11 is 0. The molecule has 0 aliphatic carbocycles. The van der Waals surface area contributed by atoms with E-state index in [2.05, 4.69) is 41.2 Å². The van der Waals surface area contributed by atoms with Gasteiger partial charge in [0.2, 0.25) is 0 Å². The summed E-state index contributed by atoms with van der Waals surface area (Å²) in [6.45, 7) is 2.36. The zero-order chi connectivity index (χ0) is 18.8.